The molecule has 0 saturated carbocycles. The summed E-state index contributed by atoms with van der Waals surface area (Å²) in [5.74, 6) is -2.22. The minimum absolute atomic E-state index is 0.0186. The van der Waals surface area contributed by atoms with E-state index in [1.54, 1.807) is 0 Å². The van der Waals surface area contributed by atoms with Crippen molar-refractivity contribution >= 4 is 23.3 Å². The van der Waals surface area contributed by atoms with Gasteiger partial charge in [-0.25, -0.2) is 9.59 Å². The van der Waals surface area contributed by atoms with Gasteiger partial charge in [-0.05, 0) is 66.2 Å². The summed E-state index contributed by atoms with van der Waals surface area (Å²) in [7, 11) is 1.95. The van der Waals surface area contributed by atoms with Gasteiger partial charge in [0.15, 0.2) is 0 Å². The Balaban J connectivity index is 2.03. The van der Waals surface area contributed by atoms with Gasteiger partial charge < -0.3 is 19.3 Å². The van der Waals surface area contributed by atoms with E-state index in [0.29, 0.717) is 12.1 Å². The summed E-state index contributed by atoms with van der Waals surface area (Å²) in [5.41, 5.74) is -4.12. The summed E-state index contributed by atoms with van der Waals surface area (Å²) in [6.07, 6.45) is -15.6. The molecule has 3 aromatic rings. The van der Waals surface area contributed by atoms with Gasteiger partial charge in [0, 0.05) is 11.4 Å². The van der Waals surface area contributed by atoms with E-state index in [1.807, 2.05) is 0 Å². The van der Waals surface area contributed by atoms with Gasteiger partial charge >= 0.3 is 30.5 Å². The van der Waals surface area contributed by atoms with Crippen LogP contribution in [0.5, 0.6) is 0 Å². The molecule has 4 rings (SSSR count). The lowest BCUT2D eigenvalue weighted by atomic mass is 9.98. The van der Waals surface area contributed by atoms with Gasteiger partial charge in [0.2, 0.25) is 0 Å². The zero-order valence-electron chi connectivity index (χ0n) is 22.6. The van der Waals surface area contributed by atoms with Crippen LogP contribution in [0.1, 0.15) is 28.4 Å². The average molecular weight is 632 g/mol. The molecule has 0 fully saturated rings. The van der Waals surface area contributed by atoms with E-state index in [9.17, 15) is 49.1 Å². The molecular weight excluding hydrogens is 611 g/mol. The SMILES string of the molecule is COC(=O)C1=C(C(=O)OC)N(c2ccc(C(F)(F)F)cc2)[C@H](c2ccc(C(F)(F)F)cc2)N(c2ccc(C(F)(F)F)cc2)C1. The highest BCUT2D eigenvalue weighted by Gasteiger charge is 2.43. The number of hydrogen-bond acceptors (Lipinski definition) is 6. The van der Waals surface area contributed by atoms with Crippen LogP contribution in [-0.4, -0.2) is 32.7 Å². The fraction of sp³-hybridized carbons (Fsp3) is 0.241. The first-order valence-corrected chi connectivity index (χ1v) is 12.4. The quantitative estimate of drug-likeness (QED) is 0.216. The predicted molar refractivity (Wildman–Crippen MR) is 138 cm³/mol. The smallest absolute Gasteiger partial charge is 0.416 e. The average Bonchev–Trinajstić information content (AvgIpc) is 2.98. The highest BCUT2D eigenvalue weighted by atomic mass is 19.4. The number of hydrogen-bond donors (Lipinski definition) is 0. The van der Waals surface area contributed by atoms with E-state index in [0.717, 1.165) is 79.8 Å². The van der Waals surface area contributed by atoms with Gasteiger partial charge in [-0.15, -0.1) is 0 Å². The van der Waals surface area contributed by atoms with Crippen molar-refractivity contribution in [1.29, 1.82) is 0 Å². The van der Waals surface area contributed by atoms with Crippen molar-refractivity contribution in [2.75, 3.05) is 30.6 Å². The molecule has 44 heavy (non-hydrogen) atoms. The van der Waals surface area contributed by atoms with Gasteiger partial charge in [0.05, 0.1) is 43.0 Å². The van der Waals surface area contributed by atoms with Crippen LogP contribution >= 0.6 is 0 Å². The zero-order chi connectivity index (χ0) is 32.6. The first kappa shape index (κ1) is 32.2. The molecule has 0 amide bonds. The highest BCUT2D eigenvalue weighted by molar-refractivity contribution is 6.04. The molecule has 0 N–H and O–H groups in total. The van der Waals surface area contributed by atoms with E-state index in [2.05, 4.69) is 0 Å². The highest BCUT2D eigenvalue weighted by Crippen LogP contribution is 2.44. The largest absolute Gasteiger partial charge is 0.466 e. The second kappa shape index (κ2) is 11.8. The van der Waals surface area contributed by atoms with E-state index >= 15 is 0 Å². The lowest BCUT2D eigenvalue weighted by molar-refractivity contribution is -0.139. The van der Waals surface area contributed by atoms with Gasteiger partial charge in [-0.2, -0.15) is 39.5 Å². The second-order valence-corrected chi connectivity index (χ2v) is 9.39. The first-order chi connectivity index (χ1) is 20.5. The lowest BCUT2D eigenvalue weighted by Gasteiger charge is -2.47. The Morgan fingerprint density at radius 1 is 0.614 bits per heavy atom. The standard InChI is InChI=1S/C29H21F9N2O4/c1-43-25(41)22-15-39(20-11-7-18(8-12-20)28(33,34)35)24(16-3-5-17(6-4-16)27(30,31)32)40(23(22)26(42)44-2)21-13-9-19(10-14-21)29(36,37)38/h3-14,24H,15H2,1-2H3/t24-/m1/s1. The molecule has 0 spiro atoms. The molecule has 6 nitrogen and oxygen atoms in total. The normalized spacial score (nSPS) is 16.2. The second-order valence-electron chi connectivity index (χ2n) is 9.39. The molecule has 3 aromatic carbocycles. The Hall–Kier alpha value is -4.69. The van der Waals surface area contributed by atoms with Crippen molar-refractivity contribution in [3.8, 4) is 0 Å². The molecule has 15 heteroatoms. The third-order valence-electron chi connectivity index (χ3n) is 6.74. The van der Waals surface area contributed by atoms with Crippen LogP contribution in [0.2, 0.25) is 0 Å². The van der Waals surface area contributed by atoms with Crippen LogP contribution in [0.4, 0.5) is 50.9 Å². The summed E-state index contributed by atoms with van der Waals surface area (Å²) in [6, 6.07) is 10.4. The van der Waals surface area contributed by atoms with Crippen molar-refractivity contribution in [1.82, 2.24) is 0 Å². The molecule has 1 atom stereocenters. The van der Waals surface area contributed by atoms with Crippen LogP contribution in [0.25, 0.3) is 0 Å². The van der Waals surface area contributed by atoms with Crippen LogP contribution in [-0.2, 0) is 37.6 Å². The maximum absolute atomic E-state index is 13.4. The summed E-state index contributed by atoms with van der Waals surface area (Å²) >= 11 is 0. The molecule has 1 heterocycles. The summed E-state index contributed by atoms with van der Waals surface area (Å²) in [6.45, 7) is -0.523. The monoisotopic (exact) mass is 632 g/mol. The van der Waals surface area contributed by atoms with E-state index in [-0.39, 0.29) is 22.5 Å². The first-order valence-electron chi connectivity index (χ1n) is 12.4. The number of methoxy groups -OCH3 is 2. The van der Waals surface area contributed by atoms with Crippen LogP contribution in [0.3, 0.4) is 0 Å². The van der Waals surface area contributed by atoms with Gasteiger partial charge in [-0.1, -0.05) is 12.1 Å². The Bertz CT molecular complexity index is 1540. The number of rotatable bonds is 5. The van der Waals surface area contributed by atoms with E-state index < -0.39 is 65.6 Å². The number of carbonyl (C=O) groups is 2. The third kappa shape index (κ3) is 6.45. The summed E-state index contributed by atoms with van der Waals surface area (Å²) in [4.78, 5) is 28.5. The van der Waals surface area contributed by atoms with E-state index in [4.69, 9.17) is 9.47 Å². The van der Waals surface area contributed by atoms with Crippen LogP contribution < -0.4 is 9.80 Å². The predicted octanol–water partition coefficient (Wildman–Crippen LogP) is 7.37. The number of halogens is 9. The van der Waals surface area contributed by atoms with E-state index in [1.165, 1.54) is 4.90 Å². The minimum atomic E-state index is -4.75. The van der Waals surface area contributed by atoms with Crippen molar-refractivity contribution in [3.05, 3.63) is 106 Å². The third-order valence-corrected chi connectivity index (χ3v) is 6.74. The minimum Gasteiger partial charge on any atom is -0.466 e. The molecule has 1 aliphatic heterocycles. The molecule has 0 aromatic heterocycles. The number of nitrogens with zero attached hydrogens (tertiary/aromatic N) is 2. The fourth-order valence-electron chi connectivity index (χ4n) is 4.67. The Morgan fingerprint density at radius 2 is 1.00 bits per heavy atom. The lowest BCUT2D eigenvalue weighted by Crippen LogP contribution is -2.50. The van der Waals surface area contributed by atoms with Crippen molar-refractivity contribution in [3.63, 3.8) is 0 Å². The van der Waals surface area contributed by atoms with Crippen LogP contribution in [0, 0.1) is 0 Å². The Morgan fingerprint density at radius 3 is 1.39 bits per heavy atom. The molecule has 1 aliphatic rings. The summed E-state index contributed by atoms with van der Waals surface area (Å²) < 4.78 is 130. The van der Waals surface area contributed by atoms with Gasteiger partial charge in [-0.3, -0.25) is 0 Å². The number of carbonyl (C=O) groups excluding carboxylic acids is 2. The molecule has 0 aliphatic carbocycles. The Labute approximate surface area is 243 Å². The molecular formula is C29H21F9N2O4. The van der Waals surface area contributed by atoms with Gasteiger partial charge in [0.25, 0.3) is 0 Å². The summed E-state index contributed by atoms with van der Waals surface area (Å²) in [5, 5.41) is 0. The molecule has 0 bridgehead atoms. The van der Waals surface area contributed by atoms with Crippen molar-refractivity contribution in [2.24, 2.45) is 0 Å². The maximum atomic E-state index is 13.4. The molecule has 0 radical (unpaired) electrons. The molecule has 0 saturated heterocycles. The van der Waals surface area contributed by atoms with Gasteiger partial charge in [0.1, 0.15) is 11.9 Å². The van der Waals surface area contributed by atoms with Crippen LogP contribution in [0.15, 0.2) is 84.1 Å². The maximum Gasteiger partial charge on any atom is 0.416 e. The van der Waals surface area contributed by atoms with Crippen molar-refractivity contribution < 1.29 is 58.6 Å². The molecule has 0 unspecified atom stereocenters. The Kier molecular flexibility index (Phi) is 8.62. The molecule has 234 valence electrons. The zero-order valence-corrected chi connectivity index (χ0v) is 22.6. The number of anilines is 2. The fourth-order valence-corrected chi connectivity index (χ4v) is 4.67. The number of esters is 2. The van der Waals surface area contributed by atoms with Crippen molar-refractivity contribution in [2.45, 2.75) is 24.7 Å². The number of alkyl halides is 9. The number of benzene rings is 3. The topological polar surface area (TPSA) is 59.1 Å². The number of ether oxygens (including phenoxy) is 2.